The van der Waals surface area contributed by atoms with Gasteiger partial charge in [-0.15, -0.1) is 0 Å². The Balaban J connectivity index is 1.26. The zero-order chi connectivity index (χ0) is 38.6. The van der Waals surface area contributed by atoms with Gasteiger partial charge < -0.3 is 16.0 Å². The summed E-state index contributed by atoms with van der Waals surface area (Å²) in [6.45, 7) is 4.42. The van der Waals surface area contributed by atoms with Gasteiger partial charge in [-0.05, 0) is 75.5 Å². The fraction of sp³-hybridized carbons (Fsp3) is 0.157. The topological polar surface area (TPSA) is 95.6 Å². The monoisotopic (exact) mass is 740 g/mol. The van der Waals surface area contributed by atoms with Gasteiger partial charge in [-0.3, -0.25) is 0 Å². The number of nitrogens with two attached hydrogens (primary N) is 2. The van der Waals surface area contributed by atoms with Gasteiger partial charge in [0, 0.05) is 44.9 Å². The Kier molecular flexibility index (Phi) is 8.73. The molecule has 0 aliphatic heterocycles. The van der Waals surface area contributed by atoms with E-state index in [1.165, 1.54) is 43.8 Å². The average molecular weight is 741 g/mol. The molecule has 4 N–H and O–H groups in total. The predicted octanol–water partition coefficient (Wildman–Crippen LogP) is 11.8. The van der Waals surface area contributed by atoms with Crippen LogP contribution in [0.4, 0.5) is 0 Å². The van der Waals surface area contributed by atoms with Crippen molar-refractivity contribution in [1.29, 1.82) is 0 Å². The second-order valence-electron chi connectivity index (χ2n) is 15.2. The smallest absolute Gasteiger partial charge is 0.164 e. The van der Waals surface area contributed by atoms with E-state index in [9.17, 15) is 0 Å². The maximum Gasteiger partial charge on any atom is 0.164 e. The van der Waals surface area contributed by atoms with Gasteiger partial charge in [0.05, 0.1) is 16.7 Å². The number of hydrogen-bond acceptors (Lipinski definition) is 5. The van der Waals surface area contributed by atoms with Crippen molar-refractivity contribution in [2.75, 3.05) is 0 Å². The maximum atomic E-state index is 7.24. The molecule has 278 valence electrons. The van der Waals surface area contributed by atoms with Crippen LogP contribution in [-0.4, -0.2) is 31.6 Å². The van der Waals surface area contributed by atoms with Crippen molar-refractivity contribution in [3.63, 3.8) is 0 Å². The Morgan fingerprint density at radius 3 is 1.63 bits per heavy atom. The molecule has 2 heterocycles. The Labute approximate surface area is 332 Å². The van der Waals surface area contributed by atoms with Crippen molar-refractivity contribution >= 4 is 54.5 Å². The van der Waals surface area contributed by atoms with Gasteiger partial charge in [0.25, 0.3) is 0 Å². The van der Waals surface area contributed by atoms with E-state index >= 15 is 0 Å². The van der Waals surface area contributed by atoms with Gasteiger partial charge in [-0.1, -0.05) is 148 Å². The molecule has 0 amide bonds. The second-order valence-corrected chi connectivity index (χ2v) is 15.2. The SMILES string of the molecule is CCCC(N)C1=C(C(N)CCC)c2cccc3c2c2c4c1cccc4ccc2n3-c1ccc(-c2nc(-c3ccccc3)nc(-c3ccccc3)n2)c2ccccc12. The van der Waals surface area contributed by atoms with Crippen LogP contribution >= 0.6 is 0 Å². The van der Waals surface area contributed by atoms with E-state index < -0.39 is 0 Å². The molecule has 9 aromatic rings. The van der Waals surface area contributed by atoms with E-state index in [0.717, 1.165) is 69.9 Å². The fourth-order valence-corrected chi connectivity index (χ4v) is 9.24. The van der Waals surface area contributed by atoms with Crippen molar-refractivity contribution in [2.24, 2.45) is 11.5 Å². The molecule has 0 saturated heterocycles. The summed E-state index contributed by atoms with van der Waals surface area (Å²) in [5.41, 5.74) is 25.4. The summed E-state index contributed by atoms with van der Waals surface area (Å²) in [7, 11) is 0. The fourth-order valence-electron chi connectivity index (χ4n) is 9.24. The lowest BCUT2D eigenvalue weighted by molar-refractivity contribution is 0.697. The van der Waals surface area contributed by atoms with Crippen LogP contribution in [0.3, 0.4) is 0 Å². The first-order chi connectivity index (χ1) is 28.1. The molecule has 6 heteroatoms. The zero-order valence-electron chi connectivity index (χ0n) is 32.3. The number of fused-ring (bicyclic) bond motifs is 1. The minimum absolute atomic E-state index is 0.128. The van der Waals surface area contributed by atoms with E-state index in [1.807, 2.05) is 60.7 Å². The molecule has 2 unspecified atom stereocenters. The van der Waals surface area contributed by atoms with Crippen molar-refractivity contribution < 1.29 is 0 Å². The van der Waals surface area contributed by atoms with E-state index in [1.54, 1.807) is 0 Å². The number of benzene rings is 7. The Morgan fingerprint density at radius 2 is 1.00 bits per heavy atom. The number of aromatic nitrogens is 4. The van der Waals surface area contributed by atoms with Crippen LogP contribution in [0.15, 0.2) is 146 Å². The molecule has 1 aliphatic carbocycles. The molecule has 10 rings (SSSR count). The van der Waals surface area contributed by atoms with Crippen molar-refractivity contribution in [2.45, 2.75) is 51.6 Å². The molecular formula is C51H44N6. The summed E-state index contributed by atoms with van der Waals surface area (Å²) in [5, 5.41) is 7.11. The first-order valence-corrected chi connectivity index (χ1v) is 20.2. The lowest BCUT2D eigenvalue weighted by Gasteiger charge is -2.26. The standard InChI is InChI=1S/C51H44N6/c1-3-15-39(52)45-37-24-13-21-31-27-29-43-48(44(31)37)47-38(46(45)40(53)16-4-2)25-14-26-42(47)57(43)41-30-28-36(34-22-11-12-23-35(34)41)51-55-49(32-17-7-5-8-18-32)54-50(56-51)33-19-9-6-10-20-33/h5-14,17-30,39-40H,3-4,15-16,52-53H2,1-2H3. The summed E-state index contributed by atoms with van der Waals surface area (Å²) in [6, 6.07) is 51.0. The highest BCUT2D eigenvalue weighted by Gasteiger charge is 2.31. The summed E-state index contributed by atoms with van der Waals surface area (Å²) in [4.78, 5) is 15.2. The van der Waals surface area contributed by atoms with E-state index in [-0.39, 0.29) is 12.1 Å². The lowest BCUT2D eigenvalue weighted by Crippen LogP contribution is -2.29. The van der Waals surface area contributed by atoms with Crippen molar-refractivity contribution in [3.8, 4) is 39.9 Å². The van der Waals surface area contributed by atoms with Gasteiger partial charge in [0.2, 0.25) is 0 Å². The van der Waals surface area contributed by atoms with Gasteiger partial charge in [-0.2, -0.15) is 0 Å². The predicted molar refractivity (Wildman–Crippen MR) is 238 cm³/mol. The minimum Gasteiger partial charge on any atom is -0.324 e. The van der Waals surface area contributed by atoms with Crippen molar-refractivity contribution in [3.05, 3.63) is 157 Å². The minimum atomic E-state index is -0.150. The van der Waals surface area contributed by atoms with E-state index in [0.29, 0.717) is 17.5 Å². The van der Waals surface area contributed by atoms with Crippen LogP contribution in [0.2, 0.25) is 0 Å². The largest absolute Gasteiger partial charge is 0.324 e. The molecule has 1 aliphatic rings. The Bertz CT molecular complexity index is 2960. The Morgan fingerprint density at radius 1 is 0.456 bits per heavy atom. The number of nitrogens with zero attached hydrogens (tertiary/aromatic N) is 4. The van der Waals surface area contributed by atoms with E-state index in [4.69, 9.17) is 26.4 Å². The molecule has 0 bridgehead atoms. The molecule has 0 saturated carbocycles. The lowest BCUT2D eigenvalue weighted by atomic mass is 9.83. The van der Waals surface area contributed by atoms with Gasteiger partial charge >= 0.3 is 0 Å². The van der Waals surface area contributed by atoms with Crippen molar-refractivity contribution in [1.82, 2.24) is 19.5 Å². The van der Waals surface area contributed by atoms with Crippen LogP contribution < -0.4 is 11.5 Å². The summed E-state index contributed by atoms with van der Waals surface area (Å²) >= 11 is 0. The molecule has 0 spiro atoms. The Hall–Kier alpha value is -6.47. The molecule has 0 radical (unpaired) electrons. The summed E-state index contributed by atoms with van der Waals surface area (Å²) in [6.07, 6.45) is 3.76. The normalized spacial score (nSPS) is 13.7. The molecular weight excluding hydrogens is 697 g/mol. The third kappa shape index (κ3) is 5.67. The summed E-state index contributed by atoms with van der Waals surface area (Å²) < 4.78 is 2.45. The van der Waals surface area contributed by atoms with Crippen LogP contribution in [0, 0.1) is 0 Å². The number of hydrogen-bond donors (Lipinski definition) is 2. The average Bonchev–Trinajstić information content (AvgIpc) is 3.53. The molecule has 2 atom stereocenters. The third-order valence-corrected chi connectivity index (χ3v) is 11.7. The molecule has 0 fully saturated rings. The van der Waals surface area contributed by atoms with E-state index in [2.05, 4.69) is 103 Å². The molecule has 2 aromatic heterocycles. The zero-order valence-corrected chi connectivity index (χ0v) is 32.3. The molecule has 6 nitrogen and oxygen atoms in total. The quantitative estimate of drug-likeness (QED) is 0.146. The third-order valence-electron chi connectivity index (χ3n) is 11.7. The van der Waals surface area contributed by atoms with Crippen LogP contribution in [0.25, 0.3) is 94.3 Å². The van der Waals surface area contributed by atoms with Gasteiger partial charge in [0.1, 0.15) is 0 Å². The van der Waals surface area contributed by atoms with Crippen LogP contribution in [0.1, 0.15) is 50.7 Å². The first kappa shape index (κ1) is 35.0. The highest BCUT2D eigenvalue weighted by atomic mass is 15.0. The van der Waals surface area contributed by atoms with Crippen LogP contribution in [-0.2, 0) is 0 Å². The highest BCUT2D eigenvalue weighted by molar-refractivity contribution is 6.29. The van der Waals surface area contributed by atoms with Crippen LogP contribution in [0.5, 0.6) is 0 Å². The first-order valence-electron chi connectivity index (χ1n) is 20.2. The second kappa shape index (κ2) is 14.2. The van der Waals surface area contributed by atoms with Gasteiger partial charge in [0.15, 0.2) is 17.5 Å². The maximum absolute atomic E-state index is 7.24. The molecule has 57 heavy (non-hydrogen) atoms. The highest BCUT2D eigenvalue weighted by Crippen LogP contribution is 2.49. The summed E-state index contributed by atoms with van der Waals surface area (Å²) in [5.74, 6) is 1.92. The number of rotatable bonds is 10. The van der Waals surface area contributed by atoms with Gasteiger partial charge in [-0.25, -0.2) is 15.0 Å². The molecule has 7 aromatic carbocycles.